The number of hydrogen-bond donors (Lipinski definition) is 2. The van der Waals surface area contributed by atoms with Crippen LogP contribution in [0.2, 0.25) is 0 Å². The van der Waals surface area contributed by atoms with Crippen LogP contribution in [-0.2, 0) is 11.4 Å². The first-order valence-corrected chi connectivity index (χ1v) is 8.87. The molecule has 0 bridgehead atoms. The van der Waals surface area contributed by atoms with Crippen LogP contribution >= 0.6 is 0 Å². The standard InChI is InChI=1S/C18H17FN4OS/c1-2-23-25(24)17-6-4-3-5-13(17)12-7-8-14(15(19)9-12)16-10-22-18(20)11-21-16/h3-11,23H,2H2,1H3,(H2,20,22). The minimum atomic E-state index is -1.35. The molecule has 0 radical (unpaired) electrons. The molecule has 0 fully saturated rings. The molecule has 1 aromatic heterocycles. The normalized spacial score (nSPS) is 12.1. The zero-order chi connectivity index (χ0) is 17.8. The molecule has 0 spiro atoms. The molecule has 3 rings (SSSR count). The van der Waals surface area contributed by atoms with Crippen molar-refractivity contribution >= 4 is 17.2 Å². The van der Waals surface area contributed by atoms with E-state index in [1.165, 1.54) is 18.5 Å². The van der Waals surface area contributed by atoms with Gasteiger partial charge in [-0.2, -0.15) is 0 Å². The van der Waals surface area contributed by atoms with Gasteiger partial charge in [-0.25, -0.2) is 9.37 Å². The van der Waals surface area contributed by atoms with Crippen LogP contribution in [0.25, 0.3) is 22.4 Å². The fourth-order valence-electron chi connectivity index (χ4n) is 2.44. The molecular formula is C18H17FN4OS. The molecule has 1 heterocycles. The van der Waals surface area contributed by atoms with Crippen LogP contribution in [0.4, 0.5) is 10.2 Å². The summed E-state index contributed by atoms with van der Waals surface area (Å²) < 4.78 is 29.8. The van der Waals surface area contributed by atoms with Crippen molar-refractivity contribution in [2.24, 2.45) is 0 Å². The molecule has 0 saturated heterocycles. The molecule has 5 nitrogen and oxygen atoms in total. The topological polar surface area (TPSA) is 86.9 Å². The Morgan fingerprint density at radius 3 is 2.60 bits per heavy atom. The molecular weight excluding hydrogens is 339 g/mol. The lowest BCUT2D eigenvalue weighted by atomic mass is 10.0. The van der Waals surface area contributed by atoms with Gasteiger partial charge >= 0.3 is 0 Å². The predicted molar refractivity (Wildman–Crippen MR) is 97.4 cm³/mol. The molecule has 0 aliphatic heterocycles. The Morgan fingerprint density at radius 1 is 1.12 bits per heavy atom. The Hall–Kier alpha value is -2.48. The molecule has 0 aliphatic rings. The van der Waals surface area contributed by atoms with E-state index >= 15 is 0 Å². The largest absolute Gasteiger partial charge is 0.593 e. The fraction of sp³-hybridized carbons (Fsp3) is 0.111. The van der Waals surface area contributed by atoms with E-state index < -0.39 is 17.2 Å². The maximum Gasteiger partial charge on any atom is 0.181 e. The van der Waals surface area contributed by atoms with Crippen LogP contribution in [0.15, 0.2) is 59.8 Å². The first-order valence-electron chi connectivity index (χ1n) is 7.72. The number of benzene rings is 2. The van der Waals surface area contributed by atoms with Gasteiger partial charge in [-0.05, 0) is 36.8 Å². The van der Waals surface area contributed by atoms with Crippen LogP contribution in [-0.4, -0.2) is 21.1 Å². The van der Waals surface area contributed by atoms with Crippen LogP contribution < -0.4 is 10.5 Å². The summed E-state index contributed by atoms with van der Waals surface area (Å²) in [7, 11) is 0. The lowest BCUT2D eigenvalue weighted by molar-refractivity contribution is 0.583. The minimum absolute atomic E-state index is 0.278. The smallest absolute Gasteiger partial charge is 0.181 e. The first kappa shape index (κ1) is 17.3. The Kier molecular flexibility index (Phi) is 5.28. The van der Waals surface area contributed by atoms with E-state index in [1.54, 1.807) is 18.2 Å². The number of nitrogens with two attached hydrogens (primary N) is 1. The van der Waals surface area contributed by atoms with Gasteiger partial charge in [0.25, 0.3) is 0 Å². The van der Waals surface area contributed by atoms with Crippen LogP contribution in [0, 0.1) is 5.82 Å². The summed E-state index contributed by atoms with van der Waals surface area (Å²) in [6, 6.07) is 12.1. The summed E-state index contributed by atoms with van der Waals surface area (Å²) in [5.41, 5.74) is 7.61. The van der Waals surface area contributed by atoms with E-state index in [-0.39, 0.29) is 5.82 Å². The maximum absolute atomic E-state index is 14.6. The number of rotatable bonds is 5. The molecule has 3 N–H and O–H groups in total. The van der Waals surface area contributed by atoms with Gasteiger partial charge in [0.1, 0.15) is 11.6 Å². The van der Waals surface area contributed by atoms with Gasteiger partial charge in [0.05, 0.1) is 29.4 Å². The van der Waals surface area contributed by atoms with Crippen molar-refractivity contribution in [3.8, 4) is 22.4 Å². The average molecular weight is 356 g/mol. The third kappa shape index (κ3) is 3.79. The van der Waals surface area contributed by atoms with Gasteiger partial charge in [-0.1, -0.05) is 18.2 Å². The van der Waals surface area contributed by atoms with E-state index in [1.807, 2.05) is 25.1 Å². The summed E-state index contributed by atoms with van der Waals surface area (Å²) in [4.78, 5) is 8.65. The second kappa shape index (κ2) is 7.60. The van der Waals surface area contributed by atoms with E-state index in [2.05, 4.69) is 14.7 Å². The van der Waals surface area contributed by atoms with E-state index in [0.29, 0.717) is 28.3 Å². The Labute approximate surface area is 148 Å². The molecule has 0 saturated carbocycles. The average Bonchev–Trinajstić information content (AvgIpc) is 2.63. The molecule has 0 amide bonds. The summed E-state index contributed by atoms with van der Waals surface area (Å²) in [5, 5.41) is 0. The molecule has 128 valence electrons. The molecule has 1 unspecified atom stereocenters. The molecule has 0 aliphatic carbocycles. The number of nitrogens with zero attached hydrogens (tertiary/aromatic N) is 2. The first-order chi connectivity index (χ1) is 12.1. The molecule has 7 heteroatoms. The van der Waals surface area contributed by atoms with E-state index in [0.717, 1.165) is 5.56 Å². The second-order valence-corrected chi connectivity index (χ2v) is 6.55. The van der Waals surface area contributed by atoms with Crippen molar-refractivity contribution in [2.75, 3.05) is 12.3 Å². The molecule has 2 aromatic carbocycles. The predicted octanol–water partition coefficient (Wildman–Crippen LogP) is 3.16. The molecule has 3 aromatic rings. The summed E-state index contributed by atoms with van der Waals surface area (Å²) >= 11 is -1.35. The maximum atomic E-state index is 14.6. The van der Waals surface area contributed by atoms with Crippen molar-refractivity contribution in [3.63, 3.8) is 0 Å². The van der Waals surface area contributed by atoms with Gasteiger partial charge < -0.3 is 10.3 Å². The van der Waals surface area contributed by atoms with Crippen LogP contribution in [0.3, 0.4) is 0 Å². The Balaban J connectivity index is 2.00. The number of anilines is 1. The second-order valence-electron chi connectivity index (χ2n) is 5.28. The van der Waals surface area contributed by atoms with Crippen LogP contribution in [0.1, 0.15) is 6.92 Å². The van der Waals surface area contributed by atoms with Gasteiger partial charge in [-0.15, -0.1) is 4.72 Å². The number of hydrogen-bond acceptors (Lipinski definition) is 5. The van der Waals surface area contributed by atoms with Crippen LogP contribution in [0.5, 0.6) is 0 Å². The quantitative estimate of drug-likeness (QED) is 0.686. The Bertz CT molecular complexity index is 873. The highest BCUT2D eigenvalue weighted by molar-refractivity contribution is 7.89. The van der Waals surface area contributed by atoms with Gasteiger partial charge in [0.15, 0.2) is 4.90 Å². The van der Waals surface area contributed by atoms with Gasteiger partial charge in [0, 0.05) is 17.7 Å². The van der Waals surface area contributed by atoms with Crippen molar-refractivity contribution in [1.29, 1.82) is 0 Å². The number of aromatic nitrogens is 2. The lowest BCUT2D eigenvalue weighted by Crippen LogP contribution is -2.23. The highest BCUT2D eigenvalue weighted by Gasteiger charge is 2.18. The third-order valence-electron chi connectivity index (χ3n) is 3.59. The van der Waals surface area contributed by atoms with Gasteiger partial charge in [0.2, 0.25) is 0 Å². The highest BCUT2D eigenvalue weighted by atomic mass is 32.2. The number of halogens is 1. The zero-order valence-corrected chi connectivity index (χ0v) is 14.4. The number of nitrogen functional groups attached to an aromatic ring is 1. The van der Waals surface area contributed by atoms with Crippen molar-refractivity contribution in [3.05, 3.63) is 60.7 Å². The molecule has 1 atom stereocenters. The lowest BCUT2D eigenvalue weighted by Gasteiger charge is -2.14. The van der Waals surface area contributed by atoms with E-state index in [9.17, 15) is 8.94 Å². The van der Waals surface area contributed by atoms with Crippen molar-refractivity contribution in [1.82, 2.24) is 14.7 Å². The SMILES string of the molecule is CCN[S+]([O-])c1ccccc1-c1ccc(-c2cnc(N)cn2)c(F)c1. The molecule has 25 heavy (non-hydrogen) atoms. The van der Waals surface area contributed by atoms with E-state index in [4.69, 9.17) is 5.73 Å². The zero-order valence-electron chi connectivity index (χ0n) is 13.6. The number of nitrogens with one attached hydrogen (secondary N) is 1. The monoisotopic (exact) mass is 356 g/mol. The summed E-state index contributed by atoms with van der Waals surface area (Å²) in [6.45, 7) is 2.45. The van der Waals surface area contributed by atoms with Gasteiger partial charge in [-0.3, -0.25) is 4.98 Å². The summed E-state index contributed by atoms with van der Waals surface area (Å²) in [5.74, 6) is -0.152. The highest BCUT2D eigenvalue weighted by Crippen LogP contribution is 2.30. The summed E-state index contributed by atoms with van der Waals surface area (Å²) in [6.07, 6.45) is 2.82. The third-order valence-corrected chi connectivity index (χ3v) is 4.90. The fourth-order valence-corrected chi connectivity index (χ4v) is 3.45. The Morgan fingerprint density at radius 2 is 1.92 bits per heavy atom. The van der Waals surface area contributed by atoms with Crippen molar-refractivity contribution < 1.29 is 8.94 Å². The van der Waals surface area contributed by atoms with Crippen molar-refractivity contribution in [2.45, 2.75) is 11.8 Å². The minimum Gasteiger partial charge on any atom is -0.593 e.